The van der Waals surface area contributed by atoms with Crippen molar-refractivity contribution in [2.75, 3.05) is 0 Å². The van der Waals surface area contributed by atoms with E-state index < -0.39 is 6.10 Å². The van der Waals surface area contributed by atoms with Crippen LogP contribution in [-0.4, -0.2) is 5.11 Å². The van der Waals surface area contributed by atoms with Crippen LogP contribution in [0.15, 0.2) is 54.6 Å². The number of aryl methyl sites for hydroxylation is 2. The minimum Gasteiger partial charge on any atom is -0.376 e. The largest absolute Gasteiger partial charge is 0.376 e. The Morgan fingerprint density at radius 2 is 1.68 bits per heavy atom. The normalized spacial score (nSPS) is 11.5. The summed E-state index contributed by atoms with van der Waals surface area (Å²) in [4.78, 5) is 0. The zero-order valence-electron chi connectivity index (χ0n) is 11.1. The highest BCUT2D eigenvalue weighted by atomic mass is 16.3. The van der Waals surface area contributed by atoms with Gasteiger partial charge in [0.1, 0.15) is 6.10 Å². The van der Waals surface area contributed by atoms with Crippen LogP contribution in [0, 0.1) is 18.8 Å². The summed E-state index contributed by atoms with van der Waals surface area (Å²) in [5.74, 6) is 5.94. The van der Waals surface area contributed by atoms with Crippen molar-refractivity contribution in [3.05, 3.63) is 71.3 Å². The molecule has 1 nitrogen and oxygen atoms in total. The van der Waals surface area contributed by atoms with Crippen LogP contribution < -0.4 is 0 Å². The van der Waals surface area contributed by atoms with Crippen molar-refractivity contribution in [1.29, 1.82) is 0 Å². The summed E-state index contributed by atoms with van der Waals surface area (Å²) in [5.41, 5.74) is 3.33. The Morgan fingerprint density at radius 3 is 2.37 bits per heavy atom. The quantitative estimate of drug-likeness (QED) is 0.824. The lowest BCUT2D eigenvalue weighted by Gasteiger charge is -2.03. The molecule has 0 spiro atoms. The molecular weight excluding hydrogens is 232 g/mol. The number of benzene rings is 2. The van der Waals surface area contributed by atoms with Crippen molar-refractivity contribution in [1.82, 2.24) is 0 Å². The summed E-state index contributed by atoms with van der Waals surface area (Å²) in [6.45, 7) is 2.03. The van der Waals surface area contributed by atoms with E-state index >= 15 is 0 Å². The van der Waals surface area contributed by atoms with Gasteiger partial charge in [-0.25, -0.2) is 0 Å². The first-order valence-electron chi connectivity index (χ1n) is 6.52. The van der Waals surface area contributed by atoms with E-state index in [-0.39, 0.29) is 0 Å². The standard InChI is InChI=1S/C18H18O/c1-15-11-13-17(14-12-15)18(19)10-6-5-9-16-7-3-2-4-8-16/h2-4,7-8,11-14,18-19H,5,9H2,1H3/t18-/m0/s1. The molecule has 0 aromatic heterocycles. The molecule has 1 heteroatoms. The summed E-state index contributed by atoms with van der Waals surface area (Å²) >= 11 is 0. The Hall–Kier alpha value is -2.04. The van der Waals surface area contributed by atoms with E-state index in [4.69, 9.17) is 0 Å². The van der Waals surface area contributed by atoms with E-state index in [1.54, 1.807) is 0 Å². The molecule has 0 saturated carbocycles. The molecule has 0 saturated heterocycles. The maximum absolute atomic E-state index is 9.93. The SMILES string of the molecule is Cc1ccc([C@@H](O)C#CCCc2ccccc2)cc1. The van der Waals surface area contributed by atoms with Crippen LogP contribution >= 0.6 is 0 Å². The molecule has 2 aromatic rings. The van der Waals surface area contributed by atoms with Gasteiger partial charge < -0.3 is 5.11 Å². The number of aliphatic hydroxyl groups excluding tert-OH is 1. The van der Waals surface area contributed by atoms with E-state index in [1.165, 1.54) is 11.1 Å². The third-order valence-corrected chi connectivity index (χ3v) is 3.01. The number of hydrogen-bond donors (Lipinski definition) is 1. The van der Waals surface area contributed by atoms with Gasteiger partial charge in [-0.2, -0.15) is 0 Å². The Kier molecular flexibility index (Phi) is 4.78. The summed E-state index contributed by atoms with van der Waals surface area (Å²) in [5, 5.41) is 9.93. The van der Waals surface area contributed by atoms with Gasteiger partial charge in [-0.05, 0) is 24.5 Å². The van der Waals surface area contributed by atoms with Gasteiger partial charge in [-0.15, -0.1) is 0 Å². The predicted molar refractivity (Wildman–Crippen MR) is 78.7 cm³/mol. The first-order chi connectivity index (χ1) is 9.25. The monoisotopic (exact) mass is 250 g/mol. The lowest BCUT2D eigenvalue weighted by molar-refractivity contribution is 0.238. The second-order valence-electron chi connectivity index (χ2n) is 4.62. The van der Waals surface area contributed by atoms with E-state index in [1.807, 2.05) is 49.4 Å². The summed E-state index contributed by atoms with van der Waals surface area (Å²) < 4.78 is 0. The molecule has 0 amide bonds. The molecule has 19 heavy (non-hydrogen) atoms. The zero-order valence-corrected chi connectivity index (χ0v) is 11.1. The molecule has 0 fully saturated rings. The van der Waals surface area contributed by atoms with Crippen LogP contribution in [0.3, 0.4) is 0 Å². The number of rotatable bonds is 3. The highest BCUT2D eigenvalue weighted by Crippen LogP contribution is 2.12. The van der Waals surface area contributed by atoms with Crippen molar-refractivity contribution < 1.29 is 5.11 Å². The van der Waals surface area contributed by atoms with Crippen LogP contribution in [0.2, 0.25) is 0 Å². The van der Waals surface area contributed by atoms with Crippen molar-refractivity contribution in [2.24, 2.45) is 0 Å². The molecule has 0 radical (unpaired) electrons. The second-order valence-corrected chi connectivity index (χ2v) is 4.62. The fourth-order valence-corrected chi connectivity index (χ4v) is 1.85. The molecule has 0 bridgehead atoms. The summed E-state index contributed by atoms with van der Waals surface area (Å²) in [7, 11) is 0. The third-order valence-electron chi connectivity index (χ3n) is 3.01. The minimum atomic E-state index is -0.684. The Morgan fingerprint density at radius 1 is 1.00 bits per heavy atom. The van der Waals surface area contributed by atoms with Gasteiger partial charge in [0.25, 0.3) is 0 Å². The number of aliphatic hydroxyl groups is 1. The van der Waals surface area contributed by atoms with Crippen LogP contribution in [-0.2, 0) is 6.42 Å². The lowest BCUT2D eigenvalue weighted by atomic mass is 10.1. The van der Waals surface area contributed by atoms with Crippen LogP contribution in [0.4, 0.5) is 0 Å². The van der Waals surface area contributed by atoms with Gasteiger partial charge in [0, 0.05) is 6.42 Å². The zero-order chi connectivity index (χ0) is 13.5. The van der Waals surface area contributed by atoms with Gasteiger partial charge in [-0.3, -0.25) is 0 Å². The van der Waals surface area contributed by atoms with E-state index in [0.29, 0.717) is 0 Å². The minimum absolute atomic E-state index is 0.684. The first-order valence-corrected chi connectivity index (χ1v) is 6.52. The van der Waals surface area contributed by atoms with Crippen molar-refractivity contribution in [3.63, 3.8) is 0 Å². The molecule has 96 valence electrons. The predicted octanol–water partition coefficient (Wildman–Crippen LogP) is 3.66. The van der Waals surface area contributed by atoms with Crippen LogP contribution in [0.5, 0.6) is 0 Å². The summed E-state index contributed by atoms with van der Waals surface area (Å²) in [6.07, 6.45) is 1.01. The highest BCUT2D eigenvalue weighted by molar-refractivity contribution is 5.28. The smallest absolute Gasteiger partial charge is 0.140 e. The van der Waals surface area contributed by atoms with Gasteiger partial charge >= 0.3 is 0 Å². The maximum atomic E-state index is 9.93. The Bertz CT molecular complexity index is 558. The average Bonchev–Trinajstić information content (AvgIpc) is 2.45. The maximum Gasteiger partial charge on any atom is 0.140 e. The van der Waals surface area contributed by atoms with Crippen LogP contribution in [0.25, 0.3) is 0 Å². The van der Waals surface area contributed by atoms with Crippen molar-refractivity contribution >= 4 is 0 Å². The van der Waals surface area contributed by atoms with Gasteiger partial charge in [0.2, 0.25) is 0 Å². The average molecular weight is 250 g/mol. The topological polar surface area (TPSA) is 20.2 Å². The lowest BCUT2D eigenvalue weighted by Crippen LogP contribution is -1.93. The molecule has 2 rings (SSSR count). The molecule has 0 aliphatic carbocycles. The first kappa shape index (κ1) is 13.4. The van der Waals surface area contributed by atoms with Gasteiger partial charge in [0.05, 0.1) is 0 Å². The fraction of sp³-hybridized carbons (Fsp3) is 0.222. The molecule has 0 aliphatic heterocycles. The highest BCUT2D eigenvalue weighted by Gasteiger charge is 2.01. The number of hydrogen-bond acceptors (Lipinski definition) is 1. The van der Waals surface area contributed by atoms with Gasteiger partial charge in [-0.1, -0.05) is 72.0 Å². The molecule has 1 N–H and O–H groups in total. The fourth-order valence-electron chi connectivity index (χ4n) is 1.85. The van der Waals surface area contributed by atoms with Gasteiger partial charge in [0.15, 0.2) is 0 Å². The Balaban J connectivity index is 1.88. The molecule has 0 aliphatic rings. The summed E-state index contributed by atoms with van der Waals surface area (Å²) in [6, 6.07) is 18.1. The van der Waals surface area contributed by atoms with Crippen molar-refractivity contribution in [3.8, 4) is 11.8 Å². The Labute approximate surface area is 114 Å². The van der Waals surface area contributed by atoms with Crippen molar-refractivity contribution in [2.45, 2.75) is 25.9 Å². The molecule has 0 heterocycles. The van der Waals surface area contributed by atoms with Crippen LogP contribution in [0.1, 0.15) is 29.2 Å². The van der Waals surface area contributed by atoms with E-state index in [0.717, 1.165) is 18.4 Å². The molecular formula is C18H18O. The molecule has 0 unspecified atom stereocenters. The van der Waals surface area contributed by atoms with E-state index in [2.05, 4.69) is 24.0 Å². The molecule has 2 aromatic carbocycles. The van der Waals surface area contributed by atoms with E-state index in [9.17, 15) is 5.11 Å². The molecule has 1 atom stereocenters. The second kappa shape index (κ2) is 6.78. The third kappa shape index (κ3) is 4.28.